The van der Waals surface area contributed by atoms with Crippen molar-refractivity contribution in [1.82, 2.24) is 24.4 Å². The number of amides is 1. The monoisotopic (exact) mass is 516 g/mol. The van der Waals surface area contributed by atoms with Crippen molar-refractivity contribution in [3.05, 3.63) is 82.4 Å². The van der Waals surface area contributed by atoms with Gasteiger partial charge in [-0.25, -0.2) is 14.3 Å². The van der Waals surface area contributed by atoms with E-state index in [0.717, 1.165) is 16.9 Å². The van der Waals surface area contributed by atoms with E-state index in [-0.39, 0.29) is 17.9 Å². The molecule has 0 radical (unpaired) electrons. The van der Waals surface area contributed by atoms with E-state index in [9.17, 15) is 9.59 Å². The van der Waals surface area contributed by atoms with Crippen LogP contribution in [0, 0.1) is 0 Å². The lowest BCUT2D eigenvalue weighted by Gasteiger charge is -2.40. The van der Waals surface area contributed by atoms with Crippen molar-refractivity contribution >= 4 is 34.4 Å². The third-order valence-electron chi connectivity index (χ3n) is 6.84. The van der Waals surface area contributed by atoms with Gasteiger partial charge in [0.15, 0.2) is 5.65 Å². The lowest BCUT2D eigenvalue weighted by Crippen LogP contribution is -2.54. The minimum atomic E-state index is -0.417. The summed E-state index contributed by atoms with van der Waals surface area (Å²) in [5.74, 6) is 0.595. The summed E-state index contributed by atoms with van der Waals surface area (Å²) in [6.07, 6.45) is 3.14. The summed E-state index contributed by atoms with van der Waals surface area (Å²) in [7, 11) is 0. The Morgan fingerprint density at radius 2 is 1.97 bits per heavy atom. The third kappa shape index (κ3) is 4.42. The zero-order valence-electron chi connectivity index (χ0n) is 21.1. The SMILES string of the molecule is C=CC(=O)N1CCN(c2nc(=O)n(-c3ccccc3C(C)C)c3nc(-c4ccc[nH]4)c(Cl)cc23)[C@@H](C)C1. The van der Waals surface area contributed by atoms with Crippen LogP contribution in [0.1, 0.15) is 32.3 Å². The highest BCUT2D eigenvalue weighted by molar-refractivity contribution is 6.33. The Morgan fingerprint density at radius 3 is 2.65 bits per heavy atom. The van der Waals surface area contributed by atoms with E-state index in [1.54, 1.807) is 9.47 Å². The van der Waals surface area contributed by atoms with Gasteiger partial charge in [-0.05, 0) is 48.7 Å². The van der Waals surface area contributed by atoms with Crippen LogP contribution in [0.2, 0.25) is 5.02 Å². The molecular weight excluding hydrogens is 488 g/mol. The Labute approximate surface area is 220 Å². The van der Waals surface area contributed by atoms with Gasteiger partial charge in [0.05, 0.1) is 21.8 Å². The number of H-pyrrole nitrogens is 1. The van der Waals surface area contributed by atoms with Crippen molar-refractivity contribution < 1.29 is 4.79 Å². The molecule has 0 aliphatic carbocycles. The molecule has 0 unspecified atom stereocenters. The minimum absolute atomic E-state index is 0.0755. The van der Waals surface area contributed by atoms with E-state index in [0.29, 0.717) is 47.2 Å². The molecular formula is C28H29ClN6O2. The van der Waals surface area contributed by atoms with Gasteiger partial charge in [-0.3, -0.25) is 4.79 Å². The van der Waals surface area contributed by atoms with Crippen LogP contribution in [0.15, 0.2) is 66.1 Å². The van der Waals surface area contributed by atoms with Crippen molar-refractivity contribution in [2.45, 2.75) is 32.7 Å². The Hall–Kier alpha value is -3.91. The number of carbonyl (C=O) groups excluding carboxylic acids is 1. The molecule has 0 spiro atoms. The number of carbonyl (C=O) groups is 1. The molecule has 1 atom stereocenters. The van der Waals surface area contributed by atoms with E-state index in [1.807, 2.05) is 55.6 Å². The Bertz CT molecular complexity index is 1540. The van der Waals surface area contributed by atoms with Gasteiger partial charge in [0.2, 0.25) is 5.91 Å². The maximum atomic E-state index is 13.7. The van der Waals surface area contributed by atoms with E-state index in [2.05, 4.69) is 35.3 Å². The fourth-order valence-electron chi connectivity index (χ4n) is 4.99. The number of nitrogens with one attached hydrogen (secondary N) is 1. The van der Waals surface area contributed by atoms with E-state index in [4.69, 9.17) is 16.6 Å². The molecule has 190 valence electrons. The van der Waals surface area contributed by atoms with E-state index < -0.39 is 5.69 Å². The topological polar surface area (TPSA) is 87.1 Å². The van der Waals surface area contributed by atoms with E-state index >= 15 is 0 Å². The number of aromatic nitrogens is 4. The number of nitrogens with zero attached hydrogens (tertiary/aromatic N) is 5. The molecule has 1 aliphatic heterocycles. The predicted octanol–water partition coefficient (Wildman–Crippen LogP) is 4.78. The molecule has 9 heteroatoms. The largest absolute Gasteiger partial charge is 0.360 e. The summed E-state index contributed by atoms with van der Waals surface area (Å²) in [5.41, 5.74) is 3.14. The lowest BCUT2D eigenvalue weighted by molar-refractivity contribution is -0.126. The van der Waals surface area contributed by atoms with Gasteiger partial charge >= 0.3 is 5.69 Å². The zero-order chi connectivity index (χ0) is 26.3. The van der Waals surface area contributed by atoms with Gasteiger partial charge < -0.3 is 14.8 Å². The number of piperazine rings is 1. The first-order valence-corrected chi connectivity index (χ1v) is 12.7. The molecule has 0 bridgehead atoms. The molecule has 1 aliphatic rings. The summed E-state index contributed by atoms with van der Waals surface area (Å²) in [4.78, 5) is 42.4. The molecule has 3 aromatic heterocycles. The number of benzene rings is 1. The van der Waals surface area contributed by atoms with Gasteiger partial charge in [0, 0.05) is 31.9 Å². The Kier molecular flexibility index (Phi) is 6.60. The highest BCUT2D eigenvalue weighted by Gasteiger charge is 2.30. The Balaban J connectivity index is 1.76. The second-order valence-corrected chi connectivity index (χ2v) is 9.98. The summed E-state index contributed by atoms with van der Waals surface area (Å²) < 4.78 is 1.58. The second kappa shape index (κ2) is 9.86. The lowest BCUT2D eigenvalue weighted by atomic mass is 10.0. The number of rotatable bonds is 5. The number of hydrogen-bond acceptors (Lipinski definition) is 5. The second-order valence-electron chi connectivity index (χ2n) is 9.57. The summed E-state index contributed by atoms with van der Waals surface area (Å²) in [5, 5.41) is 1.13. The van der Waals surface area contributed by atoms with Crippen molar-refractivity contribution in [3.63, 3.8) is 0 Å². The van der Waals surface area contributed by atoms with Crippen LogP contribution in [-0.2, 0) is 4.79 Å². The van der Waals surface area contributed by atoms with Gasteiger partial charge in [-0.2, -0.15) is 4.98 Å². The summed E-state index contributed by atoms with van der Waals surface area (Å²) in [6.45, 7) is 11.3. The average molecular weight is 517 g/mol. The number of para-hydroxylation sites is 1. The first kappa shape index (κ1) is 24.8. The molecule has 5 rings (SSSR count). The normalized spacial score (nSPS) is 16.0. The minimum Gasteiger partial charge on any atom is -0.360 e. The van der Waals surface area contributed by atoms with Gasteiger partial charge in [-0.15, -0.1) is 0 Å². The Morgan fingerprint density at radius 1 is 1.19 bits per heavy atom. The first-order chi connectivity index (χ1) is 17.8. The van der Waals surface area contributed by atoms with Crippen molar-refractivity contribution in [2.24, 2.45) is 0 Å². The van der Waals surface area contributed by atoms with Crippen LogP contribution >= 0.6 is 11.6 Å². The molecule has 1 saturated heterocycles. The molecule has 8 nitrogen and oxygen atoms in total. The maximum absolute atomic E-state index is 13.7. The van der Waals surface area contributed by atoms with Crippen LogP contribution in [0.25, 0.3) is 28.1 Å². The van der Waals surface area contributed by atoms with Crippen LogP contribution < -0.4 is 10.6 Å². The summed E-state index contributed by atoms with van der Waals surface area (Å²) >= 11 is 6.77. The molecule has 4 aromatic rings. The molecule has 4 heterocycles. The van der Waals surface area contributed by atoms with Crippen LogP contribution in [-0.4, -0.2) is 56.0 Å². The van der Waals surface area contributed by atoms with Crippen LogP contribution in [0.5, 0.6) is 0 Å². The number of pyridine rings is 1. The number of anilines is 1. The summed E-state index contributed by atoms with van der Waals surface area (Å²) in [6, 6.07) is 13.3. The van der Waals surface area contributed by atoms with Gasteiger partial charge in [-0.1, -0.05) is 50.2 Å². The fourth-order valence-corrected chi connectivity index (χ4v) is 5.24. The van der Waals surface area contributed by atoms with Gasteiger partial charge in [0.1, 0.15) is 11.5 Å². The van der Waals surface area contributed by atoms with Crippen molar-refractivity contribution in [3.8, 4) is 17.1 Å². The molecule has 0 saturated carbocycles. The average Bonchev–Trinajstić information content (AvgIpc) is 3.42. The highest BCUT2D eigenvalue weighted by Crippen LogP contribution is 2.34. The molecule has 1 aromatic carbocycles. The smallest absolute Gasteiger partial charge is 0.355 e. The molecule has 1 N–H and O–H groups in total. The molecule has 1 fully saturated rings. The highest BCUT2D eigenvalue weighted by atomic mass is 35.5. The first-order valence-electron chi connectivity index (χ1n) is 12.3. The maximum Gasteiger partial charge on any atom is 0.355 e. The van der Waals surface area contributed by atoms with Crippen LogP contribution in [0.4, 0.5) is 5.82 Å². The number of halogens is 1. The van der Waals surface area contributed by atoms with Gasteiger partial charge in [0.25, 0.3) is 0 Å². The third-order valence-corrected chi connectivity index (χ3v) is 7.13. The number of hydrogen-bond donors (Lipinski definition) is 1. The van der Waals surface area contributed by atoms with Crippen molar-refractivity contribution in [1.29, 1.82) is 0 Å². The quantitative estimate of drug-likeness (QED) is 0.386. The number of aromatic amines is 1. The van der Waals surface area contributed by atoms with Crippen molar-refractivity contribution in [2.75, 3.05) is 24.5 Å². The van der Waals surface area contributed by atoms with Crippen LogP contribution in [0.3, 0.4) is 0 Å². The predicted molar refractivity (Wildman–Crippen MR) is 148 cm³/mol. The van der Waals surface area contributed by atoms with E-state index in [1.165, 1.54) is 6.08 Å². The fraction of sp³-hybridized carbons (Fsp3) is 0.286. The standard InChI is InChI=1S/C28H29ClN6O2/c1-5-24(36)33-13-14-34(18(4)16-33)26-20-15-21(29)25(22-10-8-12-30-22)31-27(20)35(28(37)32-26)23-11-7-6-9-19(23)17(2)3/h5-12,15,17-18,30H,1,13-14,16H2,2-4H3/t18-/m0/s1. The zero-order valence-corrected chi connectivity index (χ0v) is 21.9. The molecule has 37 heavy (non-hydrogen) atoms. The molecule has 1 amide bonds. The number of fused-ring (bicyclic) bond motifs is 1.